The molecule has 0 spiro atoms. The minimum absolute atomic E-state index is 0.263. The number of hydrogen-bond acceptors (Lipinski definition) is 2. The van der Waals surface area contributed by atoms with Crippen LogP contribution >= 0.6 is 0 Å². The third-order valence-corrected chi connectivity index (χ3v) is 2.56. The first-order valence-corrected chi connectivity index (χ1v) is 5.20. The average molecular weight is 183 g/mol. The SMILES string of the molecule is CC(C)=CCOC1CCCCC1N. The minimum Gasteiger partial charge on any atom is -0.373 e. The summed E-state index contributed by atoms with van der Waals surface area (Å²) in [6, 6.07) is 0.263. The predicted molar refractivity (Wildman–Crippen MR) is 55.6 cm³/mol. The Morgan fingerprint density at radius 3 is 2.69 bits per heavy atom. The summed E-state index contributed by atoms with van der Waals surface area (Å²) in [4.78, 5) is 0. The molecule has 1 rings (SSSR count). The first kappa shape index (κ1) is 10.7. The maximum absolute atomic E-state index is 5.95. The lowest BCUT2D eigenvalue weighted by Gasteiger charge is -2.28. The molecule has 2 heteroatoms. The van der Waals surface area contributed by atoms with Crippen LogP contribution in [0.3, 0.4) is 0 Å². The molecule has 13 heavy (non-hydrogen) atoms. The smallest absolute Gasteiger partial charge is 0.0730 e. The highest BCUT2D eigenvalue weighted by atomic mass is 16.5. The topological polar surface area (TPSA) is 35.2 Å². The van der Waals surface area contributed by atoms with E-state index in [1.807, 2.05) is 0 Å². The van der Waals surface area contributed by atoms with Gasteiger partial charge in [-0.25, -0.2) is 0 Å². The summed E-state index contributed by atoms with van der Waals surface area (Å²) in [6.07, 6.45) is 7.21. The van der Waals surface area contributed by atoms with E-state index >= 15 is 0 Å². The standard InChI is InChI=1S/C11H21NO/c1-9(2)7-8-13-11-6-4-3-5-10(11)12/h7,10-11H,3-6,8,12H2,1-2H3. The van der Waals surface area contributed by atoms with Crippen molar-refractivity contribution < 1.29 is 4.74 Å². The van der Waals surface area contributed by atoms with Gasteiger partial charge in [-0.1, -0.05) is 24.5 Å². The summed E-state index contributed by atoms with van der Waals surface area (Å²) in [5.41, 5.74) is 7.26. The zero-order chi connectivity index (χ0) is 9.68. The zero-order valence-corrected chi connectivity index (χ0v) is 8.75. The summed E-state index contributed by atoms with van der Waals surface area (Å²) < 4.78 is 5.70. The van der Waals surface area contributed by atoms with Crippen LogP contribution in [0.2, 0.25) is 0 Å². The Bertz CT molecular complexity index is 173. The molecule has 1 aliphatic carbocycles. The molecule has 0 bridgehead atoms. The van der Waals surface area contributed by atoms with E-state index in [9.17, 15) is 0 Å². The zero-order valence-electron chi connectivity index (χ0n) is 8.75. The van der Waals surface area contributed by atoms with Crippen LogP contribution in [0.4, 0.5) is 0 Å². The Hall–Kier alpha value is -0.340. The van der Waals surface area contributed by atoms with Crippen LogP contribution in [0.15, 0.2) is 11.6 Å². The van der Waals surface area contributed by atoms with Gasteiger partial charge in [0.05, 0.1) is 12.7 Å². The average Bonchev–Trinajstić information content (AvgIpc) is 2.08. The van der Waals surface area contributed by atoms with E-state index in [0.717, 1.165) is 19.4 Å². The normalized spacial score (nSPS) is 28.5. The molecule has 1 aliphatic rings. The highest BCUT2D eigenvalue weighted by Crippen LogP contribution is 2.19. The predicted octanol–water partition coefficient (Wildman–Crippen LogP) is 2.24. The van der Waals surface area contributed by atoms with Crippen molar-refractivity contribution in [1.82, 2.24) is 0 Å². The molecule has 0 aliphatic heterocycles. The molecule has 2 nitrogen and oxygen atoms in total. The van der Waals surface area contributed by atoms with Crippen molar-refractivity contribution >= 4 is 0 Å². The molecule has 0 aromatic heterocycles. The Kier molecular flexibility index (Phi) is 4.46. The van der Waals surface area contributed by atoms with Crippen molar-refractivity contribution in [3.05, 3.63) is 11.6 Å². The van der Waals surface area contributed by atoms with Crippen LogP contribution in [0.25, 0.3) is 0 Å². The summed E-state index contributed by atoms with van der Waals surface area (Å²) in [6.45, 7) is 4.90. The second-order valence-corrected chi connectivity index (χ2v) is 4.10. The van der Waals surface area contributed by atoms with Gasteiger partial charge in [0, 0.05) is 6.04 Å². The molecule has 0 saturated heterocycles. The highest BCUT2D eigenvalue weighted by Gasteiger charge is 2.21. The molecule has 2 unspecified atom stereocenters. The number of hydrogen-bond donors (Lipinski definition) is 1. The van der Waals surface area contributed by atoms with Crippen molar-refractivity contribution in [2.75, 3.05) is 6.61 Å². The molecule has 2 N–H and O–H groups in total. The van der Waals surface area contributed by atoms with Gasteiger partial charge in [-0.2, -0.15) is 0 Å². The first-order chi connectivity index (χ1) is 6.20. The van der Waals surface area contributed by atoms with Crippen molar-refractivity contribution in [3.8, 4) is 0 Å². The number of allylic oxidation sites excluding steroid dienone is 1. The lowest BCUT2D eigenvalue weighted by Crippen LogP contribution is -2.39. The van der Waals surface area contributed by atoms with Gasteiger partial charge in [0.2, 0.25) is 0 Å². The number of ether oxygens (including phenoxy) is 1. The van der Waals surface area contributed by atoms with E-state index in [1.54, 1.807) is 0 Å². The van der Waals surface area contributed by atoms with Gasteiger partial charge in [0.15, 0.2) is 0 Å². The molecule has 1 fully saturated rings. The fourth-order valence-corrected chi connectivity index (χ4v) is 1.67. The lowest BCUT2D eigenvalue weighted by atomic mass is 9.93. The Morgan fingerprint density at radius 2 is 2.08 bits per heavy atom. The molecular formula is C11H21NO. The number of rotatable bonds is 3. The Labute approximate surface area is 81.1 Å². The molecule has 0 aromatic rings. The minimum atomic E-state index is 0.263. The molecule has 0 aromatic carbocycles. The van der Waals surface area contributed by atoms with E-state index in [0.29, 0.717) is 6.10 Å². The summed E-state index contributed by atoms with van der Waals surface area (Å²) in [5, 5.41) is 0. The Balaban J connectivity index is 2.23. The molecule has 0 radical (unpaired) electrons. The molecule has 1 saturated carbocycles. The monoisotopic (exact) mass is 183 g/mol. The van der Waals surface area contributed by atoms with Crippen LogP contribution in [0, 0.1) is 0 Å². The molecule has 76 valence electrons. The van der Waals surface area contributed by atoms with Crippen LogP contribution in [-0.4, -0.2) is 18.8 Å². The maximum atomic E-state index is 5.95. The van der Waals surface area contributed by atoms with Crippen LogP contribution in [0.5, 0.6) is 0 Å². The van der Waals surface area contributed by atoms with Gasteiger partial charge in [0.25, 0.3) is 0 Å². The second-order valence-electron chi connectivity index (χ2n) is 4.10. The van der Waals surface area contributed by atoms with Gasteiger partial charge >= 0.3 is 0 Å². The van der Waals surface area contributed by atoms with Gasteiger partial charge < -0.3 is 10.5 Å². The number of nitrogens with two attached hydrogens (primary N) is 1. The van der Waals surface area contributed by atoms with E-state index in [-0.39, 0.29) is 6.04 Å². The van der Waals surface area contributed by atoms with E-state index in [4.69, 9.17) is 10.5 Å². The van der Waals surface area contributed by atoms with Gasteiger partial charge in [-0.15, -0.1) is 0 Å². The third-order valence-electron chi connectivity index (χ3n) is 2.56. The van der Waals surface area contributed by atoms with Crippen molar-refractivity contribution in [2.45, 2.75) is 51.7 Å². The van der Waals surface area contributed by atoms with Crippen LogP contribution in [0.1, 0.15) is 39.5 Å². The molecular weight excluding hydrogens is 162 g/mol. The fraction of sp³-hybridized carbons (Fsp3) is 0.818. The fourth-order valence-electron chi connectivity index (χ4n) is 1.67. The maximum Gasteiger partial charge on any atom is 0.0730 e. The van der Waals surface area contributed by atoms with Crippen molar-refractivity contribution in [1.29, 1.82) is 0 Å². The first-order valence-electron chi connectivity index (χ1n) is 5.20. The second kappa shape index (κ2) is 5.40. The molecule has 0 heterocycles. The largest absolute Gasteiger partial charge is 0.373 e. The van der Waals surface area contributed by atoms with Gasteiger partial charge in [-0.05, 0) is 26.7 Å². The van der Waals surface area contributed by atoms with E-state index in [2.05, 4.69) is 19.9 Å². The highest BCUT2D eigenvalue weighted by molar-refractivity contribution is 4.93. The summed E-state index contributed by atoms with van der Waals surface area (Å²) in [7, 11) is 0. The quantitative estimate of drug-likeness (QED) is 0.681. The van der Waals surface area contributed by atoms with Crippen LogP contribution < -0.4 is 5.73 Å². The Morgan fingerprint density at radius 1 is 1.38 bits per heavy atom. The van der Waals surface area contributed by atoms with Gasteiger partial charge in [-0.3, -0.25) is 0 Å². The van der Waals surface area contributed by atoms with Crippen molar-refractivity contribution in [2.24, 2.45) is 5.73 Å². The lowest BCUT2D eigenvalue weighted by molar-refractivity contribution is 0.0317. The van der Waals surface area contributed by atoms with E-state index in [1.165, 1.54) is 18.4 Å². The summed E-state index contributed by atoms with van der Waals surface area (Å²) in [5.74, 6) is 0. The summed E-state index contributed by atoms with van der Waals surface area (Å²) >= 11 is 0. The third kappa shape index (κ3) is 3.92. The van der Waals surface area contributed by atoms with E-state index < -0.39 is 0 Å². The van der Waals surface area contributed by atoms with Gasteiger partial charge in [0.1, 0.15) is 0 Å². The molecule has 0 amide bonds. The van der Waals surface area contributed by atoms with Crippen molar-refractivity contribution in [3.63, 3.8) is 0 Å². The molecule has 2 atom stereocenters. The van der Waals surface area contributed by atoms with Crippen LogP contribution in [-0.2, 0) is 4.74 Å².